The zero-order valence-corrected chi connectivity index (χ0v) is 24.1. The molecule has 4 rings (SSSR count). The standard InChI is InChI=1S/C26H19Cl3INO4S/c1-2-34-22-10-16(9-21(30)24(22)35-14-17-5-8-19(28)12-20(17)29)11-23-25(32)31(26(33)36-23)13-15-3-6-18(27)7-4-15/h3-12H,2,13-14H2,1H3/b23-11-. The highest BCUT2D eigenvalue weighted by Crippen LogP contribution is 2.38. The first-order chi connectivity index (χ1) is 17.2. The lowest BCUT2D eigenvalue weighted by atomic mass is 10.1. The first-order valence-electron chi connectivity index (χ1n) is 10.8. The maximum Gasteiger partial charge on any atom is 0.293 e. The van der Waals surface area contributed by atoms with Gasteiger partial charge in [-0.2, -0.15) is 0 Å². The van der Waals surface area contributed by atoms with Gasteiger partial charge in [-0.25, -0.2) is 0 Å². The first-order valence-corrected chi connectivity index (χ1v) is 13.8. The van der Waals surface area contributed by atoms with E-state index in [1.807, 2.05) is 19.1 Å². The van der Waals surface area contributed by atoms with E-state index in [0.29, 0.717) is 38.1 Å². The van der Waals surface area contributed by atoms with Gasteiger partial charge in [0.05, 0.1) is 21.6 Å². The summed E-state index contributed by atoms with van der Waals surface area (Å²) in [7, 11) is 0. The number of amides is 2. The molecule has 3 aromatic carbocycles. The van der Waals surface area contributed by atoms with E-state index in [0.717, 1.165) is 32.0 Å². The number of imide groups is 1. The Balaban J connectivity index is 1.55. The van der Waals surface area contributed by atoms with Crippen LogP contribution in [-0.2, 0) is 17.9 Å². The van der Waals surface area contributed by atoms with Gasteiger partial charge in [0.25, 0.3) is 11.1 Å². The van der Waals surface area contributed by atoms with Crippen LogP contribution in [0.3, 0.4) is 0 Å². The predicted octanol–water partition coefficient (Wildman–Crippen LogP) is 8.47. The van der Waals surface area contributed by atoms with Gasteiger partial charge in [-0.1, -0.05) is 53.0 Å². The molecule has 1 heterocycles. The Morgan fingerprint density at radius 3 is 2.39 bits per heavy atom. The van der Waals surface area contributed by atoms with Gasteiger partial charge >= 0.3 is 0 Å². The number of rotatable bonds is 8. The molecule has 0 N–H and O–H groups in total. The summed E-state index contributed by atoms with van der Waals surface area (Å²) in [6, 6.07) is 15.9. The molecule has 0 unspecified atom stereocenters. The fraction of sp³-hybridized carbons (Fsp3) is 0.154. The largest absolute Gasteiger partial charge is 0.490 e. The molecule has 10 heteroatoms. The summed E-state index contributed by atoms with van der Waals surface area (Å²) >= 11 is 21.3. The molecule has 1 aliphatic rings. The highest BCUT2D eigenvalue weighted by Gasteiger charge is 2.35. The smallest absolute Gasteiger partial charge is 0.293 e. The Morgan fingerprint density at radius 1 is 0.972 bits per heavy atom. The van der Waals surface area contributed by atoms with Crippen LogP contribution >= 0.6 is 69.2 Å². The Hall–Kier alpha value is -1.91. The van der Waals surface area contributed by atoms with Gasteiger partial charge in [-0.15, -0.1) is 0 Å². The highest BCUT2D eigenvalue weighted by molar-refractivity contribution is 14.1. The minimum absolute atomic E-state index is 0.181. The highest BCUT2D eigenvalue weighted by atomic mass is 127. The summed E-state index contributed by atoms with van der Waals surface area (Å²) < 4.78 is 12.7. The number of carbonyl (C=O) groups is 2. The van der Waals surface area contributed by atoms with E-state index in [4.69, 9.17) is 44.3 Å². The minimum Gasteiger partial charge on any atom is -0.490 e. The van der Waals surface area contributed by atoms with Crippen molar-refractivity contribution in [1.82, 2.24) is 4.90 Å². The molecular formula is C26H19Cl3INO4S. The second-order valence-electron chi connectivity index (χ2n) is 7.68. The number of nitrogens with zero attached hydrogens (tertiary/aromatic N) is 1. The average Bonchev–Trinajstić information content (AvgIpc) is 3.08. The topological polar surface area (TPSA) is 55.8 Å². The second-order valence-corrected chi connectivity index (χ2v) is 11.1. The van der Waals surface area contributed by atoms with E-state index in [9.17, 15) is 9.59 Å². The number of carbonyl (C=O) groups excluding carboxylic acids is 2. The lowest BCUT2D eigenvalue weighted by Gasteiger charge is -2.15. The van der Waals surface area contributed by atoms with Crippen molar-refractivity contribution in [2.24, 2.45) is 0 Å². The van der Waals surface area contributed by atoms with Gasteiger partial charge < -0.3 is 9.47 Å². The van der Waals surface area contributed by atoms with E-state index in [-0.39, 0.29) is 24.3 Å². The molecule has 5 nitrogen and oxygen atoms in total. The van der Waals surface area contributed by atoms with Gasteiger partial charge in [-0.05, 0) is 94.9 Å². The van der Waals surface area contributed by atoms with Crippen LogP contribution in [0.4, 0.5) is 4.79 Å². The first kappa shape index (κ1) is 27.1. The van der Waals surface area contributed by atoms with Crippen LogP contribution in [0.25, 0.3) is 6.08 Å². The van der Waals surface area contributed by atoms with Crippen molar-refractivity contribution >= 4 is 86.4 Å². The Morgan fingerprint density at radius 2 is 1.69 bits per heavy atom. The summed E-state index contributed by atoms with van der Waals surface area (Å²) in [6.45, 7) is 2.71. The van der Waals surface area contributed by atoms with Crippen molar-refractivity contribution in [3.05, 3.63) is 94.8 Å². The molecule has 0 aliphatic carbocycles. The average molecular weight is 675 g/mol. The van der Waals surface area contributed by atoms with Gasteiger partial charge in [0, 0.05) is 20.6 Å². The maximum atomic E-state index is 13.0. The quantitative estimate of drug-likeness (QED) is 0.177. The van der Waals surface area contributed by atoms with Crippen LogP contribution in [0.15, 0.2) is 59.5 Å². The molecule has 186 valence electrons. The van der Waals surface area contributed by atoms with E-state index in [1.165, 1.54) is 4.90 Å². The molecule has 1 fully saturated rings. The van der Waals surface area contributed by atoms with E-state index in [1.54, 1.807) is 48.5 Å². The Bertz CT molecular complexity index is 1350. The van der Waals surface area contributed by atoms with E-state index < -0.39 is 0 Å². The molecule has 36 heavy (non-hydrogen) atoms. The summed E-state index contributed by atoms with van der Waals surface area (Å²) in [4.78, 5) is 27.1. The summed E-state index contributed by atoms with van der Waals surface area (Å²) in [5, 5.41) is 1.34. The van der Waals surface area contributed by atoms with Crippen molar-refractivity contribution in [2.75, 3.05) is 6.61 Å². The van der Waals surface area contributed by atoms with E-state index >= 15 is 0 Å². The second kappa shape index (κ2) is 12.1. The fourth-order valence-corrected chi connectivity index (χ4v) is 5.63. The maximum absolute atomic E-state index is 13.0. The van der Waals surface area contributed by atoms with Gasteiger partial charge in [0.1, 0.15) is 6.61 Å². The van der Waals surface area contributed by atoms with Gasteiger partial charge in [0.15, 0.2) is 11.5 Å². The third-order valence-electron chi connectivity index (χ3n) is 5.14. The molecule has 0 spiro atoms. The number of thioether (sulfide) groups is 1. The zero-order chi connectivity index (χ0) is 25.8. The van der Waals surface area contributed by atoms with Gasteiger partial charge in [-0.3, -0.25) is 14.5 Å². The van der Waals surface area contributed by atoms with Crippen LogP contribution in [0.5, 0.6) is 11.5 Å². The molecular weight excluding hydrogens is 656 g/mol. The molecule has 1 saturated heterocycles. The molecule has 3 aromatic rings. The predicted molar refractivity (Wildman–Crippen MR) is 154 cm³/mol. The Kier molecular flexibility index (Phi) is 9.11. The third-order valence-corrected chi connectivity index (χ3v) is 7.69. The summed E-state index contributed by atoms with van der Waals surface area (Å²) in [5.74, 6) is 0.753. The van der Waals surface area contributed by atoms with Crippen molar-refractivity contribution in [2.45, 2.75) is 20.1 Å². The molecule has 2 amide bonds. The molecule has 0 bridgehead atoms. The van der Waals surface area contributed by atoms with Crippen molar-refractivity contribution in [3.8, 4) is 11.5 Å². The monoisotopic (exact) mass is 673 g/mol. The molecule has 0 radical (unpaired) electrons. The Labute approximate surface area is 241 Å². The third kappa shape index (κ3) is 6.50. The van der Waals surface area contributed by atoms with Gasteiger partial charge in [0.2, 0.25) is 0 Å². The molecule has 0 saturated carbocycles. The molecule has 0 aromatic heterocycles. The number of ether oxygens (including phenoxy) is 2. The van der Waals surface area contributed by atoms with E-state index in [2.05, 4.69) is 22.6 Å². The zero-order valence-electron chi connectivity index (χ0n) is 18.9. The molecule has 1 aliphatic heterocycles. The van der Waals surface area contributed by atoms with Crippen molar-refractivity contribution in [1.29, 1.82) is 0 Å². The number of hydrogen-bond donors (Lipinski definition) is 0. The number of halogens is 4. The SMILES string of the molecule is CCOc1cc(/C=C2\SC(=O)N(Cc3ccc(Cl)cc3)C2=O)cc(I)c1OCc1ccc(Cl)cc1Cl. The van der Waals surface area contributed by atoms with Crippen LogP contribution < -0.4 is 9.47 Å². The van der Waals surface area contributed by atoms with Crippen LogP contribution in [0.1, 0.15) is 23.6 Å². The number of benzene rings is 3. The lowest BCUT2D eigenvalue weighted by molar-refractivity contribution is -0.123. The van der Waals surface area contributed by atoms with Crippen LogP contribution in [0.2, 0.25) is 15.1 Å². The van der Waals surface area contributed by atoms with Crippen molar-refractivity contribution in [3.63, 3.8) is 0 Å². The summed E-state index contributed by atoms with van der Waals surface area (Å²) in [6.07, 6.45) is 1.69. The van der Waals surface area contributed by atoms with Crippen LogP contribution in [0, 0.1) is 3.57 Å². The lowest BCUT2D eigenvalue weighted by Crippen LogP contribution is -2.27. The molecule has 0 atom stereocenters. The normalized spacial score (nSPS) is 14.6. The number of hydrogen-bond acceptors (Lipinski definition) is 5. The fourth-order valence-electron chi connectivity index (χ4n) is 3.42. The minimum atomic E-state index is -0.342. The van der Waals surface area contributed by atoms with Crippen LogP contribution in [-0.4, -0.2) is 22.7 Å². The van der Waals surface area contributed by atoms with Crippen molar-refractivity contribution < 1.29 is 19.1 Å². The summed E-state index contributed by atoms with van der Waals surface area (Å²) in [5.41, 5.74) is 2.33.